The van der Waals surface area contributed by atoms with Gasteiger partial charge in [0.2, 0.25) is 11.8 Å². The molecule has 3 amide bonds. The number of rotatable bonds is 4. The molecule has 3 aliphatic heterocycles. The van der Waals surface area contributed by atoms with Crippen molar-refractivity contribution in [3.05, 3.63) is 70.5 Å². The van der Waals surface area contributed by atoms with E-state index in [-0.39, 0.29) is 48.5 Å². The first-order valence-corrected chi connectivity index (χ1v) is 12.2. The Morgan fingerprint density at radius 1 is 1.00 bits per heavy atom. The van der Waals surface area contributed by atoms with Gasteiger partial charge in [0, 0.05) is 30.6 Å². The van der Waals surface area contributed by atoms with Crippen molar-refractivity contribution >= 4 is 28.7 Å². The molecule has 6 rings (SSSR count). The summed E-state index contributed by atoms with van der Waals surface area (Å²) in [7, 11) is 0. The average molecular weight is 494 g/mol. The molecule has 186 valence electrons. The third kappa shape index (κ3) is 3.87. The van der Waals surface area contributed by atoms with Gasteiger partial charge < -0.3 is 9.32 Å². The zero-order chi connectivity index (χ0) is 25.0. The van der Waals surface area contributed by atoms with Gasteiger partial charge in [-0.15, -0.1) is 0 Å². The van der Waals surface area contributed by atoms with Gasteiger partial charge in [0.25, 0.3) is 5.91 Å². The quantitative estimate of drug-likeness (QED) is 0.559. The van der Waals surface area contributed by atoms with Gasteiger partial charge in [-0.1, -0.05) is 12.1 Å². The first-order chi connectivity index (χ1) is 17.4. The van der Waals surface area contributed by atoms with Gasteiger partial charge in [-0.05, 0) is 67.6 Å². The Hall–Kier alpha value is -3.59. The number of benzene rings is 2. The summed E-state index contributed by atoms with van der Waals surface area (Å²) in [5.74, 6) is -1.88. The average Bonchev–Trinajstić information content (AvgIpc) is 3.47. The molecule has 0 saturated carbocycles. The standard InChI is InChI=1S/C27H25F2N3O4/c28-21-2-1-16(25-18(21)7-10-36-25)13-31-8-5-15(6-9-31)19-11-17-14-32(27(35)20(17)12-22(19)29)23-3-4-24(33)30-26(23)34/h1-2,7,10-12,15,23H,3-6,8-9,13-14H2,(H,30,33,34). The molecule has 1 N–H and O–H groups in total. The number of amides is 3. The molecule has 4 heterocycles. The summed E-state index contributed by atoms with van der Waals surface area (Å²) < 4.78 is 34.6. The van der Waals surface area contributed by atoms with Gasteiger partial charge in [0.15, 0.2) is 0 Å². The van der Waals surface area contributed by atoms with E-state index in [1.807, 2.05) is 0 Å². The van der Waals surface area contributed by atoms with Crippen molar-refractivity contribution in [2.45, 2.75) is 50.7 Å². The number of likely N-dealkylation sites (tertiary alicyclic amines) is 1. The summed E-state index contributed by atoms with van der Waals surface area (Å²) in [6.45, 7) is 2.36. The van der Waals surface area contributed by atoms with Crippen molar-refractivity contribution in [2.75, 3.05) is 13.1 Å². The molecule has 36 heavy (non-hydrogen) atoms. The highest BCUT2D eigenvalue weighted by Gasteiger charge is 2.40. The second kappa shape index (κ2) is 8.81. The van der Waals surface area contributed by atoms with Crippen LogP contribution in [-0.2, 0) is 22.7 Å². The molecule has 2 aromatic carbocycles. The summed E-state index contributed by atoms with van der Waals surface area (Å²) >= 11 is 0. The highest BCUT2D eigenvalue weighted by molar-refractivity contribution is 6.05. The molecule has 1 atom stereocenters. The normalized spacial score (nSPS) is 21.3. The summed E-state index contributed by atoms with van der Waals surface area (Å²) in [6, 6.07) is 7.20. The SMILES string of the molecule is O=C1CCC(N2Cc3cc(C4CCN(Cc5ccc(F)c6ccoc56)CC4)c(F)cc3C2=O)C(=O)N1. The lowest BCUT2D eigenvalue weighted by Crippen LogP contribution is -2.52. The number of hydrogen-bond donors (Lipinski definition) is 1. The van der Waals surface area contributed by atoms with Crippen molar-refractivity contribution in [3.8, 4) is 0 Å². The molecule has 2 fully saturated rings. The largest absolute Gasteiger partial charge is 0.464 e. The Labute approximate surface area is 206 Å². The van der Waals surface area contributed by atoms with Crippen molar-refractivity contribution in [1.82, 2.24) is 15.1 Å². The number of carbonyl (C=O) groups excluding carboxylic acids is 3. The molecule has 0 radical (unpaired) electrons. The number of nitrogens with one attached hydrogen (secondary N) is 1. The van der Waals surface area contributed by atoms with Crippen molar-refractivity contribution in [3.63, 3.8) is 0 Å². The molecule has 9 heteroatoms. The predicted octanol–water partition coefficient (Wildman–Crippen LogP) is 3.85. The molecule has 0 spiro atoms. The van der Waals surface area contributed by atoms with Gasteiger partial charge in [-0.2, -0.15) is 0 Å². The molecule has 2 saturated heterocycles. The number of nitrogens with zero attached hydrogens (tertiary/aromatic N) is 2. The van der Waals surface area contributed by atoms with E-state index in [1.54, 1.807) is 18.2 Å². The maximum Gasteiger partial charge on any atom is 0.255 e. The Morgan fingerprint density at radius 2 is 1.81 bits per heavy atom. The van der Waals surface area contributed by atoms with Crippen molar-refractivity contribution < 1.29 is 27.6 Å². The highest BCUT2D eigenvalue weighted by Crippen LogP contribution is 2.36. The minimum atomic E-state index is -0.718. The molecular formula is C27H25F2N3O4. The van der Waals surface area contributed by atoms with Crippen LogP contribution < -0.4 is 5.32 Å². The van der Waals surface area contributed by atoms with Crippen LogP contribution >= 0.6 is 0 Å². The molecule has 0 bridgehead atoms. The van der Waals surface area contributed by atoms with Crippen LogP contribution in [0.25, 0.3) is 11.0 Å². The fourth-order valence-electron chi connectivity index (χ4n) is 5.77. The van der Waals surface area contributed by atoms with Crippen molar-refractivity contribution in [1.29, 1.82) is 0 Å². The van der Waals surface area contributed by atoms with E-state index >= 15 is 4.39 Å². The van der Waals surface area contributed by atoms with Crippen LogP contribution in [0.1, 0.15) is 58.6 Å². The summed E-state index contributed by atoms with van der Waals surface area (Å²) in [5.41, 5.74) is 3.09. The van der Waals surface area contributed by atoms with Gasteiger partial charge in [-0.3, -0.25) is 24.6 Å². The van der Waals surface area contributed by atoms with E-state index in [1.165, 1.54) is 23.3 Å². The smallest absolute Gasteiger partial charge is 0.255 e. The van der Waals surface area contributed by atoms with Crippen LogP contribution in [0.15, 0.2) is 41.0 Å². The second-order valence-electron chi connectivity index (χ2n) is 9.85. The van der Waals surface area contributed by atoms with E-state index in [2.05, 4.69) is 10.2 Å². The van der Waals surface area contributed by atoms with Crippen LogP contribution in [0.4, 0.5) is 8.78 Å². The molecule has 1 unspecified atom stereocenters. The molecule has 7 nitrogen and oxygen atoms in total. The van der Waals surface area contributed by atoms with Gasteiger partial charge in [-0.25, -0.2) is 8.78 Å². The van der Waals surface area contributed by atoms with Gasteiger partial charge >= 0.3 is 0 Å². The zero-order valence-electron chi connectivity index (χ0n) is 19.6. The molecule has 3 aromatic rings. The Balaban J connectivity index is 1.15. The number of piperidine rings is 2. The monoisotopic (exact) mass is 493 g/mol. The molecular weight excluding hydrogens is 468 g/mol. The lowest BCUT2D eigenvalue weighted by Gasteiger charge is -2.32. The number of hydrogen-bond acceptors (Lipinski definition) is 5. The van der Waals surface area contributed by atoms with Crippen LogP contribution in [0.5, 0.6) is 0 Å². The first-order valence-electron chi connectivity index (χ1n) is 12.2. The minimum Gasteiger partial charge on any atom is -0.464 e. The summed E-state index contributed by atoms with van der Waals surface area (Å²) in [4.78, 5) is 40.4. The Kier molecular flexibility index (Phi) is 5.59. The lowest BCUT2D eigenvalue weighted by atomic mass is 9.87. The number of furan rings is 1. The lowest BCUT2D eigenvalue weighted by molar-refractivity contribution is -0.136. The number of imide groups is 1. The summed E-state index contributed by atoms with van der Waals surface area (Å²) in [5, 5.41) is 2.76. The number of fused-ring (bicyclic) bond motifs is 2. The highest BCUT2D eigenvalue weighted by atomic mass is 19.1. The number of halogens is 2. The first kappa shape index (κ1) is 22.8. The van der Waals surface area contributed by atoms with Gasteiger partial charge in [0.1, 0.15) is 23.3 Å². The summed E-state index contributed by atoms with van der Waals surface area (Å²) in [6.07, 6.45) is 3.45. The van der Waals surface area contributed by atoms with E-state index in [0.717, 1.165) is 37.1 Å². The zero-order valence-corrected chi connectivity index (χ0v) is 19.6. The van der Waals surface area contributed by atoms with Crippen LogP contribution in [0.3, 0.4) is 0 Å². The van der Waals surface area contributed by atoms with E-state index in [4.69, 9.17) is 4.42 Å². The minimum absolute atomic E-state index is 0.0168. The second-order valence-corrected chi connectivity index (χ2v) is 9.85. The Morgan fingerprint density at radius 3 is 2.58 bits per heavy atom. The van der Waals surface area contributed by atoms with Crippen LogP contribution in [-0.4, -0.2) is 46.7 Å². The predicted molar refractivity (Wildman–Crippen MR) is 126 cm³/mol. The fraction of sp³-hybridized carbons (Fsp3) is 0.370. The molecule has 3 aliphatic rings. The maximum atomic E-state index is 15.2. The molecule has 1 aromatic heterocycles. The molecule has 0 aliphatic carbocycles. The van der Waals surface area contributed by atoms with Crippen LogP contribution in [0.2, 0.25) is 0 Å². The third-order valence-electron chi connectivity index (χ3n) is 7.71. The third-order valence-corrected chi connectivity index (χ3v) is 7.71. The Bertz CT molecular complexity index is 1390. The van der Waals surface area contributed by atoms with Crippen LogP contribution in [0, 0.1) is 11.6 Å². The van der Waals surface area contributed by atoms with E-state index < -0.39 is 17.8 Å². The number of carbonyl (C=O) groups is 3. The van der Waals surface area contributed by atoms with E-state index in [9.17, 15) is 18.8 Å². The topological polar surface area (TPSA) is 82.9 Å². The van der Waals surface area contributed by atoms with Crippen molar-refractivity contribution in [2.24, 2.45) is 0 Å². The van der Waals surface area contributed by atoms with Gasteiger partial charge in [0.05, 0.1) is 11.6 Å². The fourth-order valence-corrected chi connectivity index (χ4v) is 5.77. The van der Waals surface area contributed by atoms with E-state index in [0.29, 0.717) is 23.1 Å². The maximum absolute atomic E-state index is 15.2.